The molecular weight excluding hydrogens is 286 g/mol. The van der Waals surface area contributed by atoms with Gasteiger partial charge in [0.05, 0.1) is 0 Å². The normalized spacial score (nSPS) is 16.1. The standard InChI is InChI=1S/C15H17N3O2S/c19-14-1-3-16-9-13(14)15(20)18-6-4-17(5-7-18)10-12-2-8-21-11-12/h1-3,8-9,11H,4-7,10H2,(H,16,19). The van der Waals surface area contributed by atoms with Crippen LogP contribution in [0.1, 0.15) is 15.9 Å². The Bertz CT molecular complexity index is 658. The van der Waals surface area contributed by atoms with Crippen molar-refractivity contribution >= 4 is 17.2 Å². The molecule has 0 radical (unpaired) electrons. The smallest absolute Gasteiger partial charge is 0.259 e. The van der Waals surface area contributed by atoms with Crippen molar-refractivity contribution in [1.29, 1.82) is 0 Å². The number of nitrogens with one attached hydrogen (secondary N) is 1. The van der Waals surface area contributed by atoms with Crippen LogP contribution >= 0.6 is 11.3 Å². The average molecular weight is 303 g/mol. The van der Waals surface area contributed by atoms with Gasteiger partial charge in [-0.05, 0) is 22.4 Å². The van der Waals surface area contributed by atoms with E-state index < -0.39 is 0 Å². The van der Waals surface area contributed by atoms with Gasteiger partial charge in [0.2, 0.25) is 0 Å². The third-order valence-electron chi connectivity index (χ3n) is 3.70. The van der Waals surface area contributed by atoms with E-state index in [1.807, 2.05) is 0 Å². The first-order valence-electron chi connectivity index (χ1n) is 6.94. The first-order chi connectivity index (χ1) is 10.2. The summed E-state index contributed by atoms with van der Waals surface area (Å²) in [4.78, 5) is 30.9. The second-order valence-corrected chi connectivity index (χ2v) is 5.90. The number of carbonyl (C=O) groups excluding carboxylic acids is 1. The van der Waals surface area contributed by atoms with Crippen LogP contribution in [0.2, 0.25) is 0 Å². The molecule has 1 aliphatic rings. The summed E-state index contributed by atoms with van der Waals surface area (Å²) in [5.41, 5.74) is 1.32. The molecule has 110 valence electrons. The molecule has 0 aliphatic carbocycles. The molecule has 1 aliphatic heterocycles. The lowest BCUT2D eigenvalue weighted by atomic mass is 10.2. The second-order valence-electron chi connectivity index (χ2n) is 5.12. The molecule has 1 amide bonds. The zero-order valence-electron chi connectivity index (χ0n) is 11.6. The molecule has 1 saturated heterocycles. The van der Waals surface area contributed by atoms with Gasteiger partial charge in [-0.15, -0.1) is 0 Å². The fourth-order valence-electron chi connectivity index (χ4n) is 2.50. The lowest BCUT2D eigenvalue weighted by Crippen LogP contribution is -2.49. The quantitative estimate of drug-likeness (QED) is 0.932. The first kappa shape index (κ1) is 14.0. The highest BCUT2D eigenvalue weighted by molar-refractivity contribution is 7.07. The number of H-pyrrole nitrogens is 1. The van der Waals surface area contributed by atoms with Gasteiger partial charge in [0.15, 0.2) is 5.43 Å². The Kier molecular flexibility index (Phi) is 4.17. The Labute approximate surface area is 126 Å². The maximum absolute atomic E-state index is 12.3. The molecule has 2 aromatic rings. The summed E-state index contributed by atoms with van der Waals surface area (Å²) < 4.78 is 0. The summed E-state index contributed by atoms with van der Waals surface area (Å²) in [6, 6.07) is 3.52. The monoisotopic (exact) mass is 303 g/mol. The van der Waals surface area contributed by atoms with Gasteiger partial charge >= 0.3 is 0 Å². The molecule has 1 N–H and O–H groups in total. The molecule has 0 saturated carbocycles. The second kappa shape index (κ2) is 6.24. The zero-order chi connectivity index (χ0) is 14.7. The molecule has 21 heavy (non-hydrogen) atoms. The van der Waals surface area contributed by atoms with E-state index in [0.29, 0.717) is 13.1 Å². The number of pyridine rings is 1. The third kappa shape index (κ3) is 3.22. The number of amides is 1. The topological polar surface area (TPSA) is 56.4 Å². The third-order valence-corrected chi connectivity index (χ3v) is 4.43. The van der Waals surface area contributed by atoms with Crippen molar-refractivity contribution in [1.82, 2.24) is 14.8 Å². The Balaban J connectivity index is 1.59. The van der Waals surface area contributed by atoms with E-state index in [0.717, 1.165) is 19.6 Å². The molecule has 0 aromatic carbocycles. The van der Waals surface area contributed by atoms with E-state index in [2.05, 4.69) is 26.7 Å². The van der Waals surface area contributed by atoms with E-state index in [1.165, 1.54) is 24.0 Å². The van der Waals surface area contributed by atoms with Gasteiger partial charge in [-0.3, -0.25) is 14.5 Å². The van der Waals surface area contributed by atoms with Crippen LogP contribution in [0.4, 0.5) is 0 Å². The fourth-order valence-corrected chi connectivity index (χ4v) is 3.16. The Morgan fingerprint density at radius 1 is 1.24 bits per heavy atom. The van der Waals surface area contributed by atoms with Crippen LogP contribution in [0.25, 0.3) is 0 Å². The van der Waals surface area contributed by atoms with Crippen LogP contribution in [0.3, 0.4) is 0 Å². The number of nitrogens with zero attached hydrogens (tertiary/aromatic N) is 2. The number of hydrogen-bond acceptors (Lipinski definition) is 4. The predicted octanol–water partition coefficient (Wildman–Crippen LogP) is 1.39. The van der Waals surface area contributed by atoms with Gasteiger partial charge in [0.1, 0.15) is 5.56 Å². The van der Waals surface area contributed by atoms with Gasteiger partial charge in [-0.1, -0.05) is 0 Å². The van der Waals surface area contributed by atoms with E-state index in [1.54, 1.807) is 16.2 Å². The Morgan fingerprint density at radius 2 is 2.05 bits per heavy atom. The molecule has 1 fully saturated rings. The van der Waals surface area contributed by atoms with Crippen molar-refractivity contribution in [3.63, 3.8) is 0 Å². The zero-order valence-corrected chi connectivity index (χ0v) is 12.4. The predicted molar refractivity (Wildman–Crippen MR) is 82.6 cm³/mol. The maximum Gasteiger partial charge on any atom is 0.259 e. The summed E-state index contributed by atoms with van der Waals surface area (Å²) in [5, 5.41) is 4.23. The Hall–Kier alpha value is -1.92. The SMILES string of the molecule is O=C(c1c[nH]ccc1=O)N1CCN(Cc2ccsc2)CC1. The molecule has 0 spiro atoms. The first-order valence-corrected chi connectivity index (χ1v) is 7.88. The minimum atomic E-state index is -0.223. The van der Waals surface area contributed by atoms with Crippen LogP contribution in [0.15, 0.2) is 40.1 Å². The molecule has 6 heteroatoms. The van der Waals surface area contributed by atoms with Crippen LogP contribution in [0.5, 0.6) is 0 Å². The van der Waals surface area contributed by atoms with E-state index in [4.69, 9.17) is 0 Å². The van der Waals surface area contributed by atoms with Crippen LogP contribution in [0, 0.1) is 0 Å². The minimum Gasteiger partial charge on any atom is -0.367 e. The highest BCUT2D eigenvalue weighted by Gasteiger charge is 2.23. The molecule has 0 unspecified atom stereocenters. The van der Waals surface area contributed by atoms with Crippen molar-refractivity contribution < 1.29 is 4.79 Å². The summed E-state index contributed by atoms with van der Waals surface area (Å²) in [7, 11) is 0. The van der Waals surface area contributed by atoms with Crippen LogP contribution < -0.4 is 5.43 Å². The van der Waals surface area contributed by atoms with E-state index in [-0.39, 0.29) is 16.9 Å². The molecule has 5 nitrogen and oxygen atoms in total. The van der Waals surface area contributed by atoms with Crippen molar-refractivity contribution in [2.75, 3.05) is 26.2 Å². The van der Waals surface area contributed by atoms with Gasteiger partial charge in [-0.25, -0.2) is 0 Å². The molecule has 3 heterocycles. The van der Waals surface area contributed by atoms with Gasteiger partial charge in [0.25, 0.3) is 5.91 Å². The van der Waals surface area contributed by atoms with Crippen molar-refractivity contribution in [3.8, 4) is 0 Å². The number of rotatable bonds is 3. The van der Waals surface area contributed by atoms with Crippen molar-refractivity contribution in [2.45, 2.75) is 6.54 Å². The molecule has 3 rings (SSSR count). The summed E-state index contributed by atoms with van der Waals surface area (Å²) >= 11 is 1.70. The molecular formula is C15H17N3O2S. The summed E-state index contributed by atoms with van der Waals surface area (Å²) in [6.45, 7) is 3.94. The van der Waals surface area contributed by atoms with Crippen molar-refractivity contribution in [3.05, 3.63) is 56.6 Å². The number of carbonyl (C=O) groups is 1. The average Bonchev–Trinajstić information content (AvgIpc) is 3.01. The lowest BCUT2D eigenvalue weighted by molar-refractivity contribution is 0.0627. The minimum absolute atomic E-state index is 0.174. The number of hydrogen-bond donors (Lipinski definition) is 1. The highest BCUT2D eigenvalue weighted by atomic mass is 32.1. The summed E-state index contributed by atoms with van der Waals surface area (Å²) in [6.07, 6.45) is 3.03. The van der Waals surface area contributed by atoms with Gasteiger partial charge in [-0.2, -0.15) is 11.3 Å². The largest absolute Gasteiger partial charge is 0.367 e. The maximum atomic E-state index is 12.3. The number of aromatic amines is 1. The molecule has 2 aromatic heterocycles. The summed E-state index contributed by atoms with van der Waals surface area (Å²) in [5.74, 6) is -0.174. The lowest BCUT2D eigenvalue weighted by Gasteiger charge is -2.34. The van der Waals surface area contributed by atoms with Gasteiger partial charge < -0.3 is 9.88 Å². The number of piperazine rings is 1. The van der Waals surface area contributed by atoms with Crippen LogP contribution in [-0.2, 0) is 6.54 Å². The molecule has 0 bridgehead atoms. The van der Waals surface area contributed by atoms with Crippen LogP contribution in [-0.4, -0.2) is 46.9 Å². The Morgan fingerprint density at radius 3 is 2.71 bits per heavy atom. The van der Waals surface area contributed by atoms with E-state index in [9.17, 15) is 9.59 Å². The number of thiophene rings is 1. The van der Waals surface area contributed by atoms with Gasteiger partial charge in [0, 0.05) is 51.2 Å². The van der Waals surface area contributed by atoms with E-state index >= 15 is 0 Å². The fraction of sp³-hybridized carbons (Fsp3) is 0.333. The molecule has 0 atom stereocenters. The van der Waals surface area contributed by atoms with Crippen molar-refractivity contribution in [2.24, 2.45) is 0 Å². The number of aromatic nitrogens is 1. The highest BCUT2D eigenvalue weighted by Crippen LogP contribution is 2.12.